The predicted octanol–water partition coefficient (Wildman–Crippen LogP) is 4.54. The van der Waals surface area contributed by atoms with Crippen molar-refractivity contribution in [2.75, 3.05) is 5.32 Å². The van der Waals surface area contributed by atoms with Crippen molar-refractivity contribution in [1.82, 2.24) is 0 Å². The molecule has 0 radical (unpaired) electrons. The Labute approximate surface area is 114 Å². The number of anilines is 2. The van der Waals surface area contributed by atoms with E-state index in [0.717, 1.165) is 16.9 Å². The van der Waals surface area contributed by atoms with E-state index in [-0.39, 0.29) is 0 Å². The summed E-state index contributed by atoms with van der Waals surface area (Å²) >= 11 is 0. The van der Waals surface area contributed by atoms with Gasteiger partial charge >= 0.3 is 0 Å². The molecule has 0 spiro atoms. The Morgan fingerprint density at radius 3 is 2.11 bits per heavy atom. The van der Waals surface area contributed by atoms with Crippen molar-refractivity contribution in [1.29, 1.82) is 5.26 Å². The summed E-state index contributed by atoms with van der Waals surface area (Å²) in [5, 5.41) is 12.6. The first kappa shape index (κ1) is 13.2. The van der Waals surface area contributed by atoms with E-state index < -0.39 is 0 Å². The van der Waals surface area contributed by atoms with Crippen LogP contribution < -0.4 is 5.32 Å². The van der Waals surface area contributed by atoms with Crippen LogP contribution in [0.5, 0.6) is 0 Å². The van der Waals surface area contributed by atoms with E-state index in [9.17, 15) is 5.26 Å². The van der Waals surface area contributed by atoms with Crippen molar-refractivity contribution >= 4 is 11.4 Å². The van der Waals surface area contributed by atoms with Crippen molar-refractivity contribution < 1.29 is 0 Å². The lowest BCUT2D eigenvalue weighted by molar-refractivity contribution is 1.30. The molecular formula is C17H18N2. The third-order valence-electron chi connectivity index (χ3n) is 3.23. The van der Waals surface area contributed by atoms with Gasteiger partial charge in [-0.3, -0.25) is 0 Å². The van der Waals surface area contributed by atoms with Gasteiger partial charge in [-0.2, -0.15) is 5.26 Å². The average molecular weight is 250 g/mol. The summed E-state index contributed by atoms with van der Waals surface area (Å²) < 4.78 is 0. The Hall–Kier alpha value is -2.27. The monoisotopic (exact) mass is 250 g/mol. The standard InChI is InChI=1S/C17H18N2/c1-11-5-6-16(15(9-11)10-18)19-17-13(3)7-12(2)8-14(17)4/h5-9,19H,1-4H3. The largest absolute Gasteiger partial charge is 0.354 e. The van der Waals surface area contributed by atoms with Crippen molar-refractivity contribution in [2.24, 2.45) is 0 Å². The molecule has 0 bridgehead atoms. The minimum atomic E-state index is 0.680. The summed E-state index contributed by atoms with van der Waals surface area (Å²) in [6, 6.07) is 12.4. The number of hydrogen-bond acceptors (Lipinski definition) is 2. The molecule has 0 aromatic heterocycles. The lowest BCUT2D eigenvalue weighted by Gasteiger charge is -2.15. The van der Waals surface area contributed by atoms with E-state index in [1.54, 1.807) is 0 Å². The zero-order valence-corrected chi connectivity index (χ0v) is 11.8. The number of nitriles is 1. The number of benzene rings is 2. The molecule has 2 aromatic carbocycles. The molecular weight excluding hydrogens is 232 g/mol. The predicted molar refractivity (Wildman–Crippen MR) is 79.8 cm³/mol. The van der Waals surface area contributed by atoms with Crippen LogP contribution in [-0.2, 0) is 0 Å². The second-order valence-electron chi connectivity index (χ2n) is 5.06. The van der Waals surface area contributed by atoms with Crippen LogP contribution in [0.1, 0.15) is 27.8 Å². The fraction of sp³-hybridized carbons (Fsp3) is 0.235. The number of aryl methyl sites for hydroxylation is 4. The minimum absolute atomic E-state index is 0.680. The zero-order valence-electron chi connectivity index (χ0n) is 11.8. The van der Waals surface area contributed by atoms with E-state index in [2.05, 4.69) is 44.3 Å². The molecule has 2 heteroatoms. The van der Waals surface area contributed by atoms with E-state index in [1.807, 2.05) is 25.1 Å². The minimum Gasteiger partial charge on any atom is -0.354 e. The van der Waals surface area contributed by atoms with E-state index in [0.29, 0.717) is 5.56 Å². The van der Waals surface area contributed by atoms with Gasteiger partial charge in [0.2, 0.25) is 0 Å². The van der Waals surface area contributed by atoms with E-state index in [4.69, 9.17) is 0 Å². The molecule has 0 saturated carbocycles. The first-order valence-electron chi connectivity index (χ1n) is 6.37. The number of rotatable bonds is 2. The Bertz CT molecular complexity index is 640. The van der Waals surface area contributed by atoms with E-state index >= 15 is 0 Å². The first-order valence-corrected chi connectivity index (χ1v) is 6.37. The Morgan fingerprint density at radius 1 is 0.895 bits per heavy atom. The quantitative estimate of drug-likeness (QED) is 0.849. The normalized spacial score (nSPS) is 10.1. The topological polar surface area (TPSA) is 35.8 Å². The maximum Gasteiger partial charge on any atom is 0.101 e. The molecule has 0 aliphatic rings. The third-order valence-corrected chi connectivity index (χ3v) is 3.23. The zero-order chi connectivity index (χ0) is 14.0. The highest BCUT2D eigenvalue weighted by Crippen LogP contribution is 2.27. The molecule has 19 heavy (non-hydrogen) atoms. The molecule has 96 valence electrons. The first-order chi connectivity index (χ1) is 9.01. The molecule has 0 atom stereocenters. The Morgan fingerprint density at radius 2 is 1.53 bits per heavy atom. The number of nitrogens with zero attached hydrogens (tertiary/aromatic N) is 1. The van der Waals surface area contributed by atoms with E-state index in [1.165, 1.54) is 16.7 Å². The SMILES string of the molecule is Cc1cc(C)c(Nc2ccc(C)cc2C#N)c(C)c1. The van der Waals surface area contributed by atoms with Gasteiger partial charge < -0.3 is 5.32 Å². The molecule has 0 heterocycles. The maximum atomic E-state index is 9.21. The highest BCUT2D eigenvalue weighted by atomic mass is 14.9. The molecule has 0 saturated heterocycles. The summed E-state index contributed by atoms with van der Waals surface area (Å²) in [7, 11) is 0. The fourth-order valence-electron chi connectivity index (χ4n) is 2.37. The number of nitrogens with one attached hydrogen (secondary N) is 1. The molecule has 1 N–H and O–H groups in total. The van der Waals surface area contributed by atoms with Gasteiger partial charge in [0, 0.05) is 5.69 Å². The third kappa shape index (κ3) is 2.77. The molecule has 0 unspecified atom stereocenters. The van der Waals surface area contributed by atoms with Crippen LogP contribution in [-0.4, -0.2) is 0 Å². The second-order valence-corrected chi connectivity index (χ2v) is 5.06. The molecule has 2 aromatic rings. The van der Waals surface area contributed by atoms with Crippen LogP contribution in [0.3, 0.4) is 0 Å². The lowest BCUT2D eigenvalue weighted by atomic mass is 10.0. The molecule has 2 rings (SSSR count). The van der Waals surface area contributed by atoms with Crippen LogP contribution in [0.2, 0.25) is 0 Å². The summed E-state index contributed by atoms with van der Waals surface area (Å²) in [6.45, 7) is 8.26. The van der Waals surface area contributed by atoms with Crippen LogP contribution in [0, 0.1) is 39.0 Å². The van der Waals surface area contributed by atoms with Gasteiger partial charge in [-0.1, -0.05) is 23.8 Å². The fourth-order valence-corrected chi connectivity index (χ4v) is 2.37. The van der Waals surface area contributed by atoms with Crippen molar-refractivity contribution in [3.05, 3.63) is 58.1 Å². The highest BCUT2D eigenvalue weighted by molar-refractivity contribution is 5.71. The Balaban J connectivity index is 2.45. The van der Waals surface area contributed by atoms with Gasteiger partial charge in [0.25, 0.3) is 0 Å². The van der Waals surface area contributed by atoms with Gasteiger partial charge in [0.1, 0.15) is 6.07 Å². The molecule has 2 nitrogen and oxygen atoms in total. The average Bonchev–Trinajstić information content (AvgIpc) is 2.35. The highest BCUT2D eigenvalue weighted by Gasteiger charge is 2.07. The van der Waals surface area contributed by atoms with Crippen molar-refractivity contribution in [3.8, 4) is 6.07 Å². The summed E-state index contributed by atoms with van der Waals surface area (Å²) in [5.41, 5.74) is 7.38. The lowest BCUT2D eigenvalue weighted by Crippen LogP contribution is -1.99. The van der Waals surface area contributed by atoms with Crippen LogP contribution in [0.4, 0.5) is 11.4 Å². The maximum absolute atomic E-state index is 9.21. The second kappa shape index (κ2) is 5.16. The summed E-state index contributed by atoms with van der Waals surface area (Å²) in [4.78, 5) is 0. The smallest absolute Gasteiger partial charge is 0.101 e. The summed E-state index contributed by atoms with van der Waals surface area (Å²) in [5.74, 6) is 0. The van der Waals surface area contributed by atoms with Crippen LogP contribution >= 0.6 is 0 Å². The molecule has 0 amide bonds. The summed E-state index contributed by atoms with van der Waals surface area (Å²) in [6.07, 6.45) is 0. The van der Waals surface area contributed by atoms with Gasteiger partial charge in [-0.05, 0) is 56.5 Å². The van der Waals surface area contributed by atoms with Gasteiger partial charge in [0.15, 0.2) is 0 Å². The van der Waals surface area contributed by atoms with Gasteiger partial charge in [-0.15, -0.1) is 0 Å². The molecule has 0 aliphatic carbocycles. The van der Waals surface area contributed by atoms with Crippen molar-refractivity contribution in [3.63, 3.8) is 0 Å². The van der Waals surface area contributed by atoms with Gasteiger partial charge in [-0.25, -0.2) is 0 Å². The number of hydrogen-bond donors (Lipinski definition) is 1. The molecule has 0 fully saturated rings. The van der Waals surface area contributed by atoms with Crippen LogP contribution in [0.25, 0.3) is 0 Å². The molecule has 0 aliphatic heterocycles. The van der Waals surface area contributed by atoms with Gasteiger partial charge in [0.05, 0.1) is 11.3 Å². The van der Waals surface area contributed by atoms with Crippen LogP contribution in [0.15, 0.2) is 30.3 Å². The Kier molecular flexibility index (Phi) is 3.57. The van der Waals surface area contributed by atoms with Crippen molar-refractivity contribution in [2.45, 2.75) is 27.7 Å².